The van der Waals surface area contributed by atoms with Crippen LogP contribution in [0.1, 0.15) is 29.3 Å². The van der Waals surface area contributed by atoms with E-state index in [1.807, 2.05) is 11.3 Å². The summed E-state index contributed by atoms with van der Waals surface area (Å²) in [5.74, 6) is 1.73. The molecule has 1 aromatic carbocycles. The summed E-state index contributed by atoms with van der Waals surface area (Å²) in [6.45, 7) is 4.46. The van der Waals surface area contributed by atoms with Crippen LogP contribution in [0, 0.1) is 12.8 Å². The lowest BCUT2D eigenvalue weighted by Gasteiger charge is -2.18. The zero-order valence-corrected chi connectivity index (χ0v) is 13.7. The van der Waals surface area contributed by atoms with Gasteiger partial charge in [-0.1, -0.05) is 25.1 Å². The molecule has 1 atom stereocenters. The highest BCUT2D eigenvalue weighted by Crippen LogP contribution is 2.40. The zero-order chi connectivity index (χ0) is 15.1. The van der Waals surface area contributed by atoms with Crippen molar-refractivity contribution in [3.63, 3.8) is 0 Å². The van der Waals surface area contributed by atoms with Crippen molar-refractivity contribution in [2.75, 3.05) is 5.32 Å². The maximum absolute atomic E-state index is 4.53. The molecular weight excluding hydrogens is 290 g/mol. The maximum atomic E-state index is 4.53. The van der Waals surface area contributed by atoms with E-state index in [0.29, 0.717) is 0 Å². The Labute approximate surface area is 134 Å². The van der Waals surface area contributed by atoms with E-state index in [0.717, 1.165) is 28.7 Å². The van der Waals surface area contributed by atoms with Gasteiger partial charge in [-0.25, -0.2) is 9.97 Å². The molecule has 0 bridgehead atoms. The molecule has 0 spiro atoms. The largest absolute Gasteiger partial charge is 0.339 e. The number of anilines is 2. The number of aromatic nitrogens is 2. The highest BCUT2D eigenvalue weighted by atomic mass is 32.1. The van der Waals surface area contributed by atoms with E-state index in [1.165, 1.54) is 34.2 Å². The van der Waals surface area contributed by atoms with Crippen molar-refractivity contribution in [1.82, 2.24) is 9.97 Å². The van der Waals surface area contributed by atoms with Crippen molar-refractivity contribution in [3.8, 4) is 0 Å². The standard InChI is InChI=1S/C18H19N3S/c1-11-7-8-13-15(9-11)22-18-16(13)17(19-10-20-18)21-14-6-4-3-5-12(14)2/h3-6,10-11H,7-9H2,1-2H3,(H,19,20,21)/t11-/m1/s1. The summed E-state index contributed by atoms with van der Waals surface area (Å²) in [5.41, 5.74) is 3.81. The first kappa shape index (κ1) is 13.7. The SMILES string of the molecule is Cc1ccccc1Nc1ncnc2sc3c(c12)CC[C@@H](C)C3. The van der Waals surface area contributed by atoms with Crippen molar-refractivity contribution < 1.29 is 0 Å². The van der Waals surface area contributed by atoms with Crippen molar-refractivity contribution in [3.05, 3.63) is 46.6 Å². The normalized spacial score (nSPS) is 17.5. The van der Waals surface area contributed by atoms with Crippen LogP contribution in [-0.4, -0.2) is 9.97 Å². The molecule has 2 aromatic heterocycles. The zero-order valence-electron chi connectivity index (χ0n) is 12.9. The van der Waals surface area contributed by atoms with Gasteiger partial charge in [-0.15, -0.1) is 11.3 Å². The molecule has 0 unspecified atom stereocenters. The quantitative estimate of drug-likeness (QED) is 0.734. The molecule has 1 aliphatic rings. The molecule has 1 N–H and O–H groups in total. The summed E-state index contributed by atoms with van der Waals surface area (Å²) in [6, 6.07) is 8.33. The molecule has 0 amide bonds. The van der Waals surface area contributed by atoms with Gasteiger partial charge < -0.3 is 5.32 Å². The lowest BCUT2D eigenvalue weighted by molar-refractivity contribution is 0.509. The van der Waals surface area contributed by atoms with Crippen LogP contribution in [-0.2, 0) is 12.8 Å². The predicted octanol–water partition coefficient (Wildman–Crippen LogP) is 4.87. The van der Waals surface area contributed by atoms with E-state index < -0.39 is 0 Å². The highest BCUT2D eigenvalue weighted by molar-refractivity contribution is 7.19. The minimum absolute atomic E-state index is 0.779. The van der Waals surface area contributed by atoms with Crippen LogP contribution in [0.5, 0.6) is 0 Å². The number of thiophene rings is 1. The summed E-state index contributed by atoms with van der Waals surface area (Å²) in [7, 11) is 0. The molecule has 3 nitrogen and oxygen atoms in total. The monoisotopic (exact) mass is 309 g/mol. The van der Waals surface area contributed by atoms with Crippen LogP contribution in [0.2, 0.25) is 0 Å². The van der Waals surface area contributed by atoms with Gasteiger partial charge in [0.25, 0.3) is 0 Å². The topological polar surface area (TPSA) is 37.8 Å². The van der Waals surface area contributed by atoms with Crippen molar-refractivity contribution in [2.24, 2.45) is 5.92 Å². The number of para-hydroxylation sites is 1. The fourth-order valence-corrected chi connectivity index (χ4v) is 4.56. The molecule has 112 valence electrons. The maximum Gasteiger partial charge on any atom is 0.142 e. The molecule has 22 heavy (non-hydrogen) atoms. The summed E-state index contributed by atoms with van der Waals surface area (Å²) in [5, 5.41) is 4.75. The molecule has 3 aromatic rings. The Kier molecular flexibility index (Phi) is 3.34. The molecule has 1 aliphatic carbocycles. The van der Waals surface area contributed by atoms with Gasteiger partial charge in [0.05, 0.1) is 5.39 Å². The number of benzene rings is 1. The van der Waals surface area contributed by atoms with E-state index in [-0.39, 0.29) is 0 Å². The van der Waals surface area contributed by atoms with E-state index in [9.17, 15) is 0 Å². The Morgan fingerprint density at radius 2 is 2.09 bits per heavy atom. The van der Waals surface area contributed by atoms with E-state index >= 15 is 0 Å². The number of hydrogen-bond donors (Lipinski definition) is 1. The number of nitrogens with zero attached hydrogens (tertiary/aromatic N) is 2. The summed E-state index contributed by atoms with van der Waals surface area (Å²) >= 11 is 1.84. The van der Waals surface area contributed by atoms with Gasteiger partial charge in [0, 0.05) is 10.6 Å². The summed E-state index contributed by atoms with van der Waals surface area (Å²) in [6.07, 6.45) is 5.26. The van der Waals surface area contributed by atoms with Gasteiger partial charge in [-0.2, -0.15) is 0 Å². The summed E-state index contributed by atoms with van der Waals surface area (Å²) < 4.78 is 0. The Morgan fingerprint density at radius 1 is 1.23 bits per heavy atom. The van der Waals surface area contributed by atoms with Crippen molar-refractivity contribution >= 4 is 33.1 Å². The van der Waals surface area contributed by atoms with Crippen LogP contribution in [0.4, 0.5) is 11.5 Å². The number of nitrogens with one attached hydrogen (secondary N) is 1. The second-order valence-corrected chi connectivity index (χ2v) is 7.28. The summed E-state index contributed by atoms with van der Waals surface area (Å²) in [4.78, 5) is 11.6. The van der Waals surface area contributed by atoms with E-state index in [2.05, 4.69) is 53.4 Å². The van der Waals surface area contributed by atoms with Crippen LogP contribution >= 0.6 is 11.3 Å². The fraction of sp³-hybridized carbons (Fsp3) is 0.333. The Hall–Kier alpha value is -1.94. The predicted molar refractivity (Wildman–Crippen MR) is 93.1 cm³/mol. The first-order chi connectivity index (χ1) is 10.7. The Morgan fingerprint density at radius 3 is 2.95 bits per heavy atom. The van der Waals surface area contributed by atoms with Crippen LogP contribution in [0.25, 0.3) is 10.2 Å². The van der Waals surface area contributed by atoms with Gasteiger partial charge in [-0.3, -0.25) is 0 Å². The third kappa shape index (κ3) is 2.28. The number of fused-ring (bicyclic) bond motifs is 3. The Balaban J connectivity index is 1.83. The van der Waals surface area contributed by atoms with Crippen molar-refractivity contribution in [1.29, 1.82) is 0 Å². The van der Waals surface area contributed by atoms with Gasteiger partial charge in [0.2, 0.25) is 0 Å². The average Bonchev–Trinajstić information content (AvgIpc) is 2.88. The lowest BCUT2D eigenvalue weighted by Crippen LogP contribution is -2.09. The molecule has 0 radical (unpaired) electrons. The molecule has 0 aliphatic heterocycles. The average molecular weight is 309 g/mol. The van der Waals surface area contributed by atoms with E-state index in [1.54, 1.807) is 6.33 Å². The van der Waals surface area contributed by atoms with Crippen LogP contribution < -0.4 is 5.32 Å². The molecular formula is C18H19N3S. The molecule has 0 fully saturated rings. The first-order valence-corrected chi connectivity index (χ1v) is 8.62. The third-order valence-electron chi connectivity index (χ3n) is 4.49. The molecule has 4 heteroatoms. The van der Waals surface area contributed by atoms with Crippen molar-refractivity contribution in [2.45, 2.75) is 33.1 Å². The van der Waals surface area contributed by atoms with E-state index in [4.69, 9.17) is 0 Å². The number of aryl methyl sites for hydroxylation is 2. The molecule has 0 saturated heterocycles. The van der Waals surface area contributed by atoms with Gasteiger partial charge in [0.1, 0.15) is 17.0 Å². The number of rotatable bonds is 2. The van der Waals surface area contributed by atoms with Gasteiger partial charge >= 0.3 is 0 Å². The smallest absolute Gasteiger partial charge is 0.142 e. The third-order valence-corrected chi connectivity index (χ3v) is 5.65. The fourth-order valence-electron chi connectivity index (χ4n) is 3.21. The highest BCUT2D eigenvalue weighted by Gasteiger charge is 2.23. The minimum Gasteiger partial charge on any atom is -0.339 e. The lowest BCUT2D eigenvalue weighted by atomic mass is 9.89. The Bertz CT molecular complexity index is 837. The van der Waals surface area contributed by atoms with Gasteiger partial charge in [0.15, 0.2) is 0 Å². The first-order valence-electron chi connectivity index (χ1n) is 7.80. The second kappa shape index (κ2) is 5.36. The van der Waals surface area contributed by atoms with Crippen LogP contribution in [0.3, 0.4) is 0 Å². The van der Waals surface area contributed by atoms with Crippen LogP contribution in [0.15, 0.2) is 30.6 Å². The second-order valence-electron chi connectivity index (χ2n) is 6.19. The molecule has 0 saturated carbocycles. The number of hydrogen-bond acceptors (Lipinski definition) is 4. The molecule has 4 rings (SSSR count). The molecule has 2 heterocycles. The van der Waals surface area contributed by atoms with Gasteiger partial charge in [-0.05, 0) is 49.3 Å². The minimum atomic E-state index is 0.779.